The summed E-state index contributed by atoms with van der Waals surface area (Å²) in [4.78, 5) is 0. The average molecular weight is 170 g/mol. The number of nitrogens with zero attached hydrogens (tertiary/aromatic N) is 2. The van der Waals surface area contributed by atoms with Gasteiger partial charge in [0.2, 0.25) is 0 Å². The third-order valence-corrected chi connectivity index (χ3v) is 1.20. The molecule has 0 aliphatic rings. The summed E-state index contributed by atoms with van der Waals surface area (Å²) in [6.45, 7) is 3.70. The Kier molecular flexibility index (Phi) is 4.59. The largest absolute Gasteiger partial charge is 0.390 e. The van der Waals surface area contributed by atoms with E-state index in [4.69, 9.17) is 15.3 Å². The quantitative estimate of drug-likeness (QED) is 0.456. The van der Waals surface area contributed by atoms with Crippen LogP contribution in [-0.4, -0.2) is 12.6 Å². The molecule has 66 valence electrons. The molecule has 0 aliphatic carbocycles. The fraction of sp³-hybridized carbons (Fsp3) is 0.714. The standard InChI is InChI=1S/C7H10N2O3/c1-3-7(10-4-2,11-5-8)12-6-9/h3-4H2,1-2H3. The fourth-order valence-electron chi connectivity index (χ4n) is 0.685. The molecule has 0 N–H and O–H groups in total. The van der Waals surface area contributed by atoms with Crippen molar-refractivity contribution in [1.29, 1.82) is 10.5 Å². The molecule has 0 rings (SSSR count). The summed E-state index contributed by atoms with van der Waals surface area (Å²) in [7, 11) is 0. The van der Waals surface area contributed by atoms with Crippen molar-refractivity contribution in [3.63, 3.8) is 0 Å². The molecule has 0 unspecified atom stereocenters. The summed E-state index contributed by atoms with van der Waals surface area (Å²) in [5, 5.41) is 16.5. The van der Waals surface area contributed by atoms with Gasteiger partial charge in [0.1, 0.15) is 0 Å². The van der Waals surface area contributed by atoms with Crippen molar-refractivity contribution < 1.29 is 14.2 Å². The maximum atomic E-state index is 8.24. The summed E-state index contributed by atoms with van der Waals surface area (Å²) in [6.07, 6.45) is 3.12. The Morgan fingerprint density at radius 2 is 1.67 bits per heavy atom. The van der Waals surface area contributed by atoms with E-state index in [0.717, 1.165) is 0 Å². The first kappa shape index (κ1) is 10.5. The van der Waals surface area contributed by atoms with Gasteiger partial charge >= 0.3 is 5.97 Å². The van der Waals surface area contributed by atoms with Crippen LogP contribution < -0.4 is 0 Å². The van der Waals surface area contributed by atoms with Crippen LogP contribution in [0.3, 0.4) is 0 Å². The first-order chi connectivity index (χ1) is 5.74. The van der Waals surface area contributed by atoms with Crippen molar-refractivity contribution in [1.82, 2.24) is 0 Å². The molecule has 0 fully saturated rings. The molecule has 0 aromatic heterocycles. The van der Waals surface area contributed by atoms with Crippen molar-refractivity contribution in [2.75, 3.05) is 6.61 Å². The maximum Gasteiger partial charge on any atom is 0.390 e. The topological polar surface area (TPSA) is 75.3 Å². The highest BCUT2D eigenvalue weighted by Crippen LogP contribution is 2.18. The summed E-state index contributed by atoms with van der Waals surface area (Å²) in [5.74, 6) is -1.53. The Balaban J connectivity index is 4.31. The van der Waals surface area contributed by atoms with Crippen LogP contribution in [0.15, 0.2) is 0 Å². The molecule has 0 saturated heterocycles. The molecule has 0 atom stereocenters. The lowest BCUT2D eigenvalue weighted by atomic mass is 10.4. The van der Waals surface area contributed by atoms with E-state index in [1.54, 1.807) is 13.8 Å². The molecule has 0 bridgehead atoms. The molecule has 0 spiro atoms. The van der Waals surface area contributed by atoms with E-state index in [1.807, 2.05) is 0 Å². The highest BCUT2D eigenvalue weighted by molar-refractivity contribution is 4.66. The van der Waals surface area contributed by atoms with Gasteiger partial charge in [0.25, 0.3) is 12.5 Å². The van der Waals surface area contributed by atoms with Crippen LogP contribution in [-0.2, 0) is 14.2 Å². The van der Waals surface area contributed by atoms with Gasteiger partial charge in [0, 0.05) is 0 Å². The van der Waals surface area contributed by atoms with E-state index in [1.165, 1.54) is 12.5 Å². The lowest BCUT2D eigenvalue weighted by Gasteiger charge is -2.24. The maximum absolute atomic E-state index is 8.24. The van der Waals surface area contributed by atoms with Crippen LogP contribution in [0.1, 0.15) is 20.3 Å². The third-order valence-electron chi connectivity index (χ3n) is 1.20. The van der Waals surface area contributed by atoms with Crippen LogP contribution >= 0.6 is 0 Å². The smallest absolute Gasteiger partial charge is 0.355 e. The minimum absolute atomic E-state index is 0.266. The second kappa shape index (κ2) is 5.22. The lowest BCUT2D eigenvalue weighted by Crippen LogP contribution is -2.35. The van der Waals surface area contributed by atoms with Gasteiger partial charge in [-0.25, -0.2) is 0 Å². The van der Waals surface area contributed by atoms with Gasteiger partial charge in [-0.05, 0) is 6.92 Å². The number of ether oxygens (including phenoxy) is 3. The van der Waals surface area contributed by atoms with Gasteiger partial charge < -0.3 is 14.2 Å². The second-order valence-corrected chi connectivity index (χ2v) is 1.86. The second-order valence-electron chi connectivity index (χ2n) is 1.86. The van der Waals surface area contributed by atoms with Gasteiger partial charge in [0.05, 0.1) is 13.0 Å². The number of nitriles is 2. The van der Waals surface area contributed by atoms with E-state index in [9.17, 15) is 0 Å². The number of hydrogen-bond acceptors (Lipinski definition) is 5. The van der Waals surface area contributed by atoms with Gasteiger partial charge in [0.15, 0.2) is 0 Å². The number of rotatable bonds is 5. The van der Waals surface area contributed by atoms with Crippen molar-refractivity contribution >= 4 is 0 Å². The molecule has 0 radical (unpaired) electrons. The van der Waals surface area contributed by atoms with Gasteiger partial charge in [-0.1, -0.05) is 6.92 Å². The summed E-state index contributed by atoms with van der Waals surface area (Å²) in [6, 6.07) is 0. The van der Waals surface area contributed by atoms with E-state index < -0.39 is 5.97 Å². The van der Waals surface area contributed by atoms with Crippen molar-refractivity contribution in [2.45, 2.75) is 26.2 Å². The van der Waals surface area contributed by atoms with Crippen molar-refractivity contribution in [2.24, 2.45) is 0 Å². The van der Waals surface area contributed by atoms with E-state index >= 15 is 0 Å². The minimum Gasteiger partial charge on any atom is -0.355 e. The molecule has 5 nitrogen and oxygen atoms in total. The predicted molar refractivity (Wildman–Crippen MR) is 38.0 cm³/mol. The summed E-state index contributed by atoms with van der Waals surface area (Å²) < 4.78 is 14.0. The minimum atomic E-state index is -1.53. The van der Waals surface area contributed by atoms with Crippen molar-refractivity contribution in [3.05, 3.63) is 0 Å². The molecule has 0 aromatic rings. The van der Waals surface area contributed by atoms with Gasteiger partial charge in [-0.3, -0.25) is 0 Å². The SMILES string of the molecule is CCOC(CC)(OC#N)OC#N. The van der Waals surface area contributed by atoms with E-state index in [0.29, 0.717) is 6.61 Å². The van der Waals surface area contributed by atoms with Crippen molar-refractivity contribution in [3.8, 4) is 12.5 Å². The molecule has 5 heteroatoms. The molecule has 0 amide bonds. The Morgan fingerprint density at radius 1 is 1.17 bits per heavy atom. The highest BCUT2D eigenvalue weighted by atomic mass is 16.9. The fourth-order valence-corrected chi connectivity index (χ4v) is 0.685. The van der Waals surface area contributed by atoms with Gasteiger partial charge in [-0.2, -0.15) is 10.5 Å². The molecule has 12 heavy (non-hydrogen) atoms. The number of hydrogen-bond donors (Lipinski definition) is 0. The molecular weight excluding hydrogens is 160 g/mol. The summed E-state index contributed by atoms with van der Waals surface area (Å²) >= 11 is 0. The zero-order valence-corrected chi connectivity index (χ0v) is 7.03. The monoisotopic (exact) mass is 170 g/mol. The van der Waals surface area contributed by atoms with Crippen LogP contribution in [0.2, 0.25) is 0 Å². The molecular formula is C7H10N2O3. The first-order valence-electron chi connectivity index (χ1n) is 3.52. The Morgan fingerprint density at radius 3 is 1.92 bits per heavy atom. The zero-order valence-electron chi connectivity index (χ0n) is 7.03. The molecule has 0 aliphatic heterocycles. The van der Waals surface area contributed by atoms with E-state index in [2.05, 4.69) is 9.47 Å². The predicted octanol–water partition coefficient (Wildman–Crippen LogP) is 1.08. The highest BCUT2D eigenvalue weighted by Gasteiger charge is 2.34. The summed E-state index contributed by atoms with van der Waals surface area (Å²) in [5.41, 5.74) is 0. The van der Waals surface area contributed by atoms with Crippen LogP contribution in [0.4, 0.5) is 0 Å². The normalized spacial score (nSPS) is 9.67. The molecule has 0 aromatic carbocycles. The van der Waals surface area contributed by atoms with Gasteiger partial charge in [-0.15, -0.1) is 0 Å². The van der Waals surface area contributed by atoms with Crippen LogP contribution in [0.25, 0.3) is 0 Å². The Bertz CT molecular complexity index is 188. The average Bonchev–Trinajstić information content (AvgIpc) is 2.06. The Labute approximate surface area is 71.1 Å². The lowest BCUT2D eigenvalue weighted by molar-refractivity contribution is -0.330. The Hall–Kier alpha value is -1.46. The molecule has 0 saturated carbocycles. The van der Waals surface area contributed by atoms with Crippen LogP contribution in [0.5, 0.6) is 0 Å². The third kappa shape index (κ3) is 2.65. The van der Waals surface area contributed by atoms with E-state index in [-0.39, 0.29) is 6.42 Å². The first-order valence-corrected chi connectivity index (χ1v) is 3.52. The molecule has 0 heterocycles. The zero-order chi connectivity index (χ0) is 9.45. The van der Waals surface area contributed by atoms with Crippen LogP contribution in [0, 0.1) is 23.0 Å².